The molecule has 3 amide bonds. The number of nitrogens with two attached hydrogens (primary N) is 3. The molecule has 0 aliphatic carbocycles. The van der Waals surface area contributed by atoms with Crippen LogP contribution in [0.1, 0.15) is 49.4 Å². The molecule has 0 unspecified atom stereocenters. The third-order valence-electron chi connectivity index (χ3n) is 6.78. The number of primary amides is 2. The highest BCUT2D eigenvalue weighted by Gasteiger charge is 2.20. The van der Waals surface area contributed by atoms with E-state index in [1.807, 2.05) is 42.1 Å². The number of anilines is 2. The van der Waals surface area contributed by atoms with Crippen molar-refractivity contribution in [3.8, 4) is 0 Å². The molecule has 3 heterocycles. The van der Waals surface area contributed by atoms with Crippen LogP contribution in [-0.2, 0) is 19.6 Å². The quantitative estimate of drug-likeness (QED) is 0.201. The van der Waals surface area contributed by atoms with Crippen LogP contribution in [0.25, 0.3) is 22.1 Å². The van der Waals surface area contributed by atoms with Crippen LogP contribution in [-0.4, -0.2) is 46.6 Å². The maximum absolute atomic E-state index is 13.2. The molecule has 0 saturated carbocycles. The van der Waals surface area contributed by atoms with Gasteiger partial charge in [-0.1, -0.05) is 12.2 Å². The van der Waals surface area contributed by atoms with E-state index in [-0.39, 0.29) is 5.91 Å². The van der Waals surface area contributed by atoms with Crippen molar-refractivity contribution >= 4 is 51.7 Å². The average Bonchev–Trinajstić information content (AvgIpc) is 3.58. The minimum absolute atomic E-state index is 0.296. The van der Waals surface area contributed by atoms with E-state index in [2.05, 4.69) is 20.4 Å². The van der Waals surface area contributed by atoms with E-state index in [9.17, 15) is 14.4 Å². The SMILES string of the molecule is CCn1nc(C)cc1C(=O)Nc1nc2cc(C(N)=O)cc(C)c2n1C/C=C/Cn1c(N)nc2cc(C(N)=O)ccc21. The van der Waals surface area contributed by atoms with Gasteiger partial charge in [-0.05, 0) is 62.7 Å². The van der Waals surface area contributed by atoms with Crippen LogP contribution in [0.2, 0.25) is 0 Å². The molecule has 0 bridgehead atoms. The number of hydrogen-bond donors (Lipinski definition) is 4. The van der Waals surface area contributed by atoms with Gasteiger partial charge in [0.2, 0.25) is 23.7 Å². The number of nitrogens with zero attached hydrogens (tertiary/aromatic N) is 6. The summed E-state index contributed by atoms with van der Waals surface area (Å²) in [5, 5.41) is 7.27. The lowest BCUT2D eigenvalue weighted by Crippen LogP contribution is -2.20. The predicted octanol–water partition coefficient (Wildman–Crippen LogP) is 2.51. The Kier molecular flexibility index (Phi) is 7.01. The molecular formula is C28H30N10O3. The van der Waals surface area contributed by atoms with E-state index in [0.717, 1.165) is 22.3 Å². The van der Waals surface area contributed by atoms with Crippen LogP contribution in [0.15, 0.2) is 48.6 Å². The van der Waals surface area contributed by atoms with Crippen LogP contribution in [0.5, 0.6) is 0 Å². The lowest BCUT2D eigenvalue weighted by molar-refractivity contribution is 0.0992. The van der Waals surface area contributed by atoms with Gasteiger partial charge in [0, 0.05) is 30.8 Å². The monoisotopic (exact) mass is 554 g/mol. The largest absolute Gasteiger partial charge is 0.369 e. The molecule has 7 N–H and O–H groups in total. The number of nitrogens with one attached hydrogen (secondary N) is 1. The first-order valence-electron chi connectivity index (χ1n) is 12.9. The second-order valence-electron chi connectivity index (χ2n) is 9.63. The highest BCUT2D eigenvalue weighted by atomic mass is 16.2. The van der Waals surface area contributed by atoms with Crippen LogP contribution < -0.4 is 22.5 Å². The van der Waals surface area contributed by atoms with Crippen LogP contribution >= 0.6 is 0 Å². The average molecular weight is 555 g/mol. The molecule has 0 fully saturated rings. The van der Waals surface area contributed by atoms with Gasteiger partial charge in [0.1, 0.15) is 5.69 Å². The standard InChI is InChI=1S/C28H30N10O3/c1-4-38-22(12-16(3)35-38)26(41)34-28-33-20-14-18(25(30)40)11-15(2)23(20)37(28)10-6-5-9-36-21-8-7-17(24(29)39)13-19(21)32-27(36)31/h5-8,11-14H,4,9-10H2,1-3H3,(H2,29,39)(H2,30,40)(H2,31,32)(H,33,34,41)/b6-5+. The van der Waals surface area contributed by atoms with Gasteiger partial charge in [0.25, 0.3) is 5.91 Å². The fourth-order valence-electron chi connectivity index (χ4n) is 4.88. The van der Waals surface area contributed by atoms with E-state index < -0.39 is 11.8 Å². The van der Waals surface area contributed by atoms with Crippen LogP contribution in [0, 0.1) is 13.8 Å². The molecule has 13 nitrogen and oxygen atoms in total. The number of carbonyl (C=O) groups excluding carboxylic acids is 3. The number of fused-ring (bicyclic) bond motifs is 2. The Morgan fingerprint density at radius 3 is 2.27 bits per heavy atom. The van der Waals surface area contributed by atoms with Crippen LogP contribution in [0.4, 0.5) is 11.9 Å². The van der Waals surface area contributed by atoms with Crippen LogP contribution in [0.3, 0.4) is 0 Å². The zero-order chi connectivity index (χ0) is 29.4. The number of benzene rings is 2. The summed E-state index contributed by atoms with van der Waals surface area (Å²) in [6.07, 6.45) is 3.83. The maximum atomic E-state index is 13.2. The molecule has 0 spiro atoms. The Labute approximate surface area is 234 Å². The summed E-state index contributed by atoms with van der Waals surface area (Å²) in [6, 6.07) is 10.0. The number of aryl methyl sites for hydroxylation is 3. The molecule has 210 valence electrons. The van der Waals surface area contributed by atoms with Crippen molar-refractivity contribution in [2.75, 3.05) is 11.1 Å². The molecule has 0 aliphatic heterocycles. The Morgan fingerprint density at radius 2 is 1.59 bits per heavy atom. The zero-order valence-electron chi connectivity index (χ0n) is 22.9. The normalized spacial score (nSPS) is 11.6. The highest BCUT2D eigenvalue weighted by Crippen LogP contribution is 2.26. The Balaban J connectivity index is 1.47. The lowest BCUT2D eigenvalue weighted by Gasteiger charge is -2.10. The summed E-state index contributed by atoms with van der Waals surface area (Å²) in [5.74, 6) is -0.848. The Morgan fingerprint density at radius 1 is 0.902 bits per heavy atom. The number of hydrogen-bond acceptors (Lipinski definition) is 7. The third-order valence-corrected chi connectivity index (χ3v) is 6.78. The maximum Gasteiger partial charge on any atom is 0.276 e. The van der Waals surface area contributed by atoms with Crippen molar-refractivity contribution in [3.05, 3.63) is 76.6 Å². The Bertz CT molecular complexity index is 1880. The van der Waals surface area contributed by atoms with Gasteiger partial charge < -0.3 is 26.3 Å². The number of aromatic nitrogens is 6. The topological polar surface area (TPSA) is 195 Å². The van der Waals surface area contributed by atoms with Crippen molar-refractivity contribution in [2.45, 2.75) is 40.4 Å². The van der Waals surface area contributed by atoms with Crippen molar-refractivity contribution in [1.29, 1.82) is 0 Å². The summed E-state index contributed by atoms with van der Waals surface area (Å²) >= 11 is 0. The first-order chi connectivity index (χ1) is 19.6. The highest BCUT2D eigenvalue weighted by molar-refractivity contribution is 6.04. The second-order valence-corrected chi connectivity index (χ2v) is 9.63. The minimum Gasteiger partial charge on any atom is -0.369 e. The van der Waals surface area contributed by atoms with Gasteiger partial charge in [-0.2, -0.15) is 5.10 Å². The number of imidazole rings is 2. The van der Waals surface area contributed by atoms with E-state index >= 15 is 0 Å². The van der Waals surface area contributed by atoms with E-state index in [0.29, 0.717) is 59.4 Å². The smallest absolute Gasteiger partial charge is 0.276 e. The number of carbonyl (C=O) groups is 3. The van der Waals surface area contributed by atoms with Gasteiger partial charge in [-0.25, -0.2) is 9.97 Å². The molecule has 2 aromatic carbocycles. The first-order valence-corrected chi connectivity index (χ1v) is 12.9. The third kappa shape index (κ3) is 5.12. The molecule has 41 heavy (non-hydrogen) atoms. The lowest BCUT2D eigenvalue weighted by atomic mass is 10.1. The second kappa shape index (κ2) is 10.6. The van der Waals surface area contributed by atoms with E-state index in [1.165, 1.54) is 0 Å². The zero-order valence-corrected chi connectivity index (χ0v) is 22.9. The van der Waals surface area contributed by atoms with E-state index in [4.69, 9.17) is 17.2 Å². The molecule has 0 atom stereocenters. The first kappa shape index (κ1) is 27.1. The minimum atomic E-state index is -0.564. The summed E-state index contributed by atoms with van der Waals surface area (Å²) in [6.45, 7) is 6.89. The predicted molar refractivity (Wildman–Crippen MR) is 155 cm³/mol. The van der Waals surface area contributed by atoms with Crippen molar-refractivity contribution in [1.82, 2.24) is 28.9 Å². The van der Waals surface area contributed by atoms with Gasteiger partial charge in [-0.3, -0.25) is 24.4 Å². The van der Waals surface area contributed by atoms with Gasteiger partial charge in [0.05, 0.1) is 27.8 Å². The Hall–Kier alpha value is -5.46. The molecule has 0 aliphatic rings. The molecule has 3 aromatic heterocycles. The van der Waals surface area contributed by atoms with Gasteiger partial charge in [-0.15, -0.1) is 0 Å². The molecule has 0 saturated heterocycles. The van der Waals surface area contributed by atoms with Gasteiger partial charge in [0.15, 0.2) is 0 Å². The number of nitrogen functional groups attached to an aromatic ring is 1. The molecule has 5 rings (SSSR count). The number of rotatable bonds is 9. The number of amides is 3. The molecule has 13 heteroatoms. The van der Waals surface area contributed by atoms with Crippen molar-refractivity contribution in [2.24, 2.45) is 11.5 Å². The van der Waals surface area contributed by atoms with Gasteiger partial charge >= 0.3 is 0 Å². The summed E-state index contributed by atoms with van der Waals surface area (Å²) in [7, 11) is 0. The van der Waals surface area contributed by atoms with E-state index in [1.54, 1.807) is 41.1 Å². The fraction of sp³-hybridized carbons (Fsp3) is 0.214. The molecule has 5 aromatic rings. The summed E-state index contributed by atoms with van der Waals surface area (Å²) in [4.78, 5) is 45.6. The fourth-order valence-corrected chi connectivity index (χ4v) is 4.88. The molecular weight excluding hydrogens is 524 g/mol. The number of allylic oxidation sites excluding steroid dienone is 2. The summed E-state index contributed by atoms with van der Waals surface area (Å²) < 4.78 is 5.29. The molecule has 0 radical (unpaired) electrons. The van der Waals surface area contributed by atoms with Crippen molar-refractivity contribution < 1.29 is 14.4 Å². The summed E-state index contributed by atoms with van der Waals surface area (Å²) in [5.41, 5.74) is 22.3. The van der Waals surface area contributed by atoms with Crippen molar-refractivity contribution in [3.63, 3.8) is 0 Å².